The minimum absolute atomic E-state index is 0.0773. The molecule has 1 atom stereocenters. The van der Waals surface area contributed by atoms with Crippen molar-refractivity contribution in [2.45, 2.75) is 25.4 Å². The zero-order valence-corrected chi connectivity index (χ0v) is 18.0. The lowest BCUT2D eigenvalue weighted by Gasteiger charge is -2.29. The Morgan fingerprint density at radius 2 is 1.77 bits per heavy atom. The monoisotopic (exact) mass is 423 g/mol. The van der Waals surface area contributed by atoms with E-state index in [1.54, 1.807) is 12.0 Å². The first kappa shape index (κ1) is 21.2. The number of carbonyl (C=O) groups is 2. The minimum Gasteiger partial charge on any atom is -0.495 e. The van der Waals surface area contributed by atoms with Crippen molar-refractivity contribution in [2.75, 3.05) is 44.0 Å². The number of hydrogen-bond acceptors (Lipinski definition) is 5. The Kier molecular flexibility index (Phi) is 6.42. The second-order valence-corrected chi connectivity index (χ2v) is 8.21. The second kappa shape index (κ2) is 9.39. The fourth-order valence-corrected chi connectivity index (χ4v) is 4.13. The Morgan fingerprint density at radius 3 is 2.48 bits per heavy atom. The van der Waals surface area contributed by atoms with E-state index in [2.05, 4.69) is 17.3 Å². The quantitative estimate of drug-likeness (QED) is 0.773. The molecule has 7 heteroatoms. The third-order valence-corrected chi connectivity index (χ3v) is 5.96. The molecule has 2 aromatic carbocycles. The summed E-state index contributed by atoms with van der Waals surface area (Å²) in [6, 6.07) is 14.8. The molecule has 2 aliphatic heterocycles. The van der Waals surface area contributed by atoms with Gasteiger partial charge in [-0.15, -0.1) is 0 Å². The molecule has 164 valence electrons. The summed E-state index contributed by atoms with van der Waals surface area (Å²) in [5.41, 5.74) is 1.39. The van der Waals surface area contributed by atoms with Crippen LogP contribution in [0.1, 0.15) is 19.3 Å². The zero-order valence-electron chi connectivity index (χ0n) is 18.0. The molecule has 4 rings (SSSR count). The van der Waals surface area contributed by atoms with E-state index < -0.39 is 5.92 Å². The van der Waals surface area contributed by atoms with Gasteiger partial charge >= 0.3 is 0 Å². The number of rotatable bonds is 6. The van der Waals surface area contributed by atoms with Gasteiger partial charge in [-0.1, -0.05) is 12.1 Å². The molecule has 31 heavy (non-hydrogen) atoms. The van der Waals surface area contributed by atoms with Gasteiger partial charge in [0.1, 0.15) is 17.6 Å². The van der Waals surface area contributed by atoms with Crippen LogP contribution in [0.3, 0.4) is 0 Å². The second-order valence-electron chi connectivity index (χ2n) is 8.21. The number of benzene rings is 2. The van der Waals surface area contributed by atoms with Gasteiger partial charge in [0.05, 0.1) is 18.7 Å². The highest BCUT2D eigenvalue weighted by Gasteiger charge is 2.36. The zero-order chi connectivity index (χ0) is 21.8. The molecule has 0 aromatic heterocycles. The van der Waals surface area contributed by atoms with Crippen LogP contribution >= 0.6 is 0 Å². The largest absolute Gasteiger partial charge is 0.495 e. The van der Waals surface area contributed by atoms with E-state index in [0.29, 0.717) is 23.7 Å². The van der Waals surface area contributed by atoms with Crippen molar-refractivity contribution in [1.82, 2.24) is 4.90 Å². The van der Waals surface area contributed by atoms with Gasteiger partial charge in [0.25, 0.3) is 0 Å². The van der Waals surface area contributed by atoms with E-state index in [-0.39, 0.29) is 24.3 Å². The maximum Gasteiger partial charge on any atom is 0.229 e. The third kappa shape index (κ3) is 4.99. The van der Waals surface area contributed by atoms with Crippen LogP contribution in [-0.2, 0) is 9.59 Å². The van der Waals surface area contributed by atoms with Crippen molar-refractivity contribution in [1.29, 1.82) is 0 Å². The average molecular weight is 424 g/mol. The minimum atomic E-state index is -0.410. The maximum atomic E-state index is 12.8. The number of hydrogen-bond donors (Lipinski definition) is 1. The summed E-state index contributed by atoms with van der Waals surface area (Å²) < 4.78 is 11.4. The van der Waals surface area contributed by atoms with Gasteiger partial charge < -0.3 is 24.6 Å². The molecule has 2 fully saturated rings. The van der Waals surface area contributed by atoms with Crippen molar-refractivity contribution in [2.24, 2.45) is 5.92 Å². The summed E-state index contributed by atoms with van der Waals surface area (Å²) in [5, 5.41) is 2.93. The van der Waals surface area contributed by atoms with E-state index >= 15 is 0 Å². The molecular formula is C24H29N3O4. The average Bonchev–Trinajstić information content (AvgIpc) is 3.18. The number of nitrogens with zero attached hydrogens (tertiary/aromatic N) is 2. The highest BCUT2D eigenvalue weighted by atomic mass is 16.5. The van der Waals surface area contributed by atoms with Crippen LogP contribution in [0, 0.1) is 5.92 Å². The molecule has 0 saturated carbocycles. The first-order valence-electron chi connectivity index (χ1n) is 10.7. The lowest BCUT2D eigenvalue weighted by molar-refractivity contribution is -0.122. The van der Waals surface area contributed by atoms with Gasteiger partial charge in [-0.25, -0.2) is 0 Å². The fraction of sp³-hybridized carbons (Fsp3) is 0.417. The molecular weight excluding hydrogens is 394 g/mol. The van der Waals surface area contributed by atoms with Crippen LogP contribution in [0.25, 0.3) is 0 Å². The van der Waals surface area contributed by atoms with E-state index in [1.807, 2.05) is 48.5 Å². The van der Waals surface area contributed by atoms with Gasteiger partial charge in [0, 0.05) is 31.7 Å². The van der Waals surface area contributed by atoms with Crippen LogP contribution in [0.4, 0.5) is 11.4 Å². The summed E-state index contributed by atoms with van der Waals surface area (Å²) in [5.74, 6) is 0.789. The number of likely N-dealkylation sites (tertiary alicyclic amines) is 1. The van der Waals surface area contributed by atoms with Crippen molar-refractivity contribution in [3.8, 4) is 11.5 Å². The Labute approximate surface area is 182 Å². The lowest BCUT2D eigenvalue weighted by atomic mass is 10.1. The molecule has 1 N–H and O–H groups in total. The molecule has 7 nitrogen and oxygen atoms in total. The number of nitrogens with one attached hydrogen (secondary N) is 1. The summed E-state index contributed by atoms with van der Waals surface area (Å²) in [6.45, 7) is 2.43. The molecule has 2 aromatic rings. The van der Waals surface area contributed by atoms with Gasteiger partial charge in [-0.3, -0.25) is 9.59 Å². The van der Waals surface area contributed by atoms with Crippen LogP contribution in [0.2, 0.25) is 0 Å². The Morgan fingerprint density at radius 1 is 1.06 bits per heavy atom. The van der Waals surface area contributed by atoms with Crippen LogP contribution < -0.4 is 19.7 Å². The van der Waals surface area contributed by atoms with Gasteiger partial charge in [-0.05, 0) is 56.3 Å². The van der Waals surface area contributed by atoms with E-state index in [1.165, 1.54) is 0 Å². The Bertz CT molecular complexity index is 923. The van der Waals surface area contributed by atoms with Crippen molar-refractivity contribution in [3.63, 3.8) is 0 Å². The van der Waals surface area contributed by atoms with Crippen LogP contribution in [0.5, 0.6) is 11.5 Å². The molecule has 0 spiro atoms. The smallest absolute Gasteiger partial charge is 0.229 e. The number of ether oxygens (including phenoxy) is 2. The summed E-state index contributed by atoms with van der Waals surface area (Å²) >= 11 is 0. The standard InChI is InChI=1S/C24H29N3O4/c1-26-13-11-20(12-14-26)31-19-9-7-18(8-10-19)25-24(29)17-15-23(28)27(16-17)21-5-3-4-6-22(21)30-2/h3-10,17,20H,11-16H2,1-2H3,(H,25,29). The van der Waals surface area contributed by atoms with E-state index in [9.17, 15) is 9.59 Å². The van der Waals surface area contributed by atoms with Gasteiger partial charge in [0.2, 0.25) is 11.8 Å². The number of para-hydroxylation sites is 2. The van der Waals surface area contributed by atoms with Crippen molar-refractivity contribution in [3.05, 3.63) is 48.5 Å². The lowest BCUT2D eigenvalue weighted by Crippen LogP contribution is -2.35. The molecule has 2 aliphatic rings. The number of methoxy groups -OCH3 is 1. The topological polar surface area (TPSA) is 71.1 Å². The highest BCUT2D eigenvalue weighted by molar-refractivity contribution is 6.04. The van der Waals surface area contributed by atoms with Crippen molar-refractivity contribution >= 4 is 23.2 Å². The molecule has 0 bridgehead atoms. The SMILES string of the molecule is COc1ccccc1N1CC(C(=O)Nc2ccc(OC3CCN(C)CC3)cc2)CC1=O. The normalized spacial score (nSPS) is 20.0. The van der Waals surface area contributed by atoms with Gasteiger partial charge in [-0.2, -0.15) is 0 Å². The molecule has 2 heterocycles. The summed E-state index contributed by atoms with van der Waals surface area (Å²) in [4.78, 5) is 29.2. The number of piperidine rings is 1. The maximum absolute atomic E-state index is 12.8. The van der Waals surface area contributed by atoms with Crippen LogP contribution in [-0.4, -0.2) is 56.6 Å². The van der Waals surface area contributed by atoms with E-state index in [4.69, 9.17) is 9.47 Å². The Balaban J connectivity index is 1.33. The van der Waals surface area contributed by atoms with Gasteiger partial charge in [0.15, 0.2) is 0 Å². The molecule has 2 saturated heterocycles. The molecule has 0 aliphatic carbocycles. The molecule has 0 radical (unpaired) electrons. The van der Waals surface area contributed by atoms with Crippen LogP contribution in [0.15, 0.2) is 48.5 Å². The molecule has 2 amide bonds. The summed E-state index contributed by atoms with van der Waals surface area (Å²) in [7, 11) is 3.70. The van der Waals surface area contributed by atoms with Crippen molar-refractivity contribution < 1.29 is 19.1 Å². The fourth-order valence-electron chi connectivity index (χ4n) is 4.13. The predicted octanol–water partition coefficient (Wildman–Crippen LogP) is 3.16. The highest BCUT2D eigenvalue weighted by Crippen LogP contribution is 2.33. The first-order valence-corrected chi connectivity index (χ1v) is 10.7. The van der Waals surface area contributed by atoms with E-state index in [0.717, 1.165) is 31.7 Å². The number of anilines is 2. The molecule has 1 unspecified atom stereocenters. The summed E-state index contributed by atoms with van der Waals surface area (Å²) in [6.07, 6.45) is 2.46. The number of amides is 2. The first-order chi connectivity index (χ1) is 15.0. The predicted molar refractivity (Wildman–Crippen MR) is 120 cm³/mol. The Hall–Kier alpha value is -3.06. The third-order valence-electron chi connectivity index (χ3n) is 5.96. The number of carbonyl (C=O) groups excluding carboxylic acids is 2.